The highest BCUT2D eigenvalue weighted by atomic mass is 16.5. The standard InChI is InChI=1S/C12H20N2O/c1-9(2)13-7-11-8-14-15-12(11)10-5-3-4-6-10/h8-10,13H,3-7H2,1-2H3. The summed E-state index contributed by atoms with van der Waals surface area (Å²) in [6.45, 7) is 5.19. The molecule has 0 aliphatic heterocycles. The number of hydrogen-bond donors (Lipinski definition) is 1. The van der Waals surface area contributed by atoms with Gasteiger partial charge < -0.3 is 9.84 Å². The van der Waals surface area contributed by atoms with Crippen LogP contribution in [0.4, 0.5) is 0 Å². The van der Waals surface area contributed by atoms with E-state index in [4.69, 9.17) is 4.52 Å². The Labute approximate surface area is 91.2 Å². The van der Waals surface area contributed by atoms with Crippen molar-refractivity contribution in [3.05, 3.63) is 17.5 Å². The molecule has 1 aliphatic rings. The highest BCUT2D eigenvalue weighted by molar-refractivity contribution is 5.18. The van der Waals surface area contributed by atoms with Crippen LogP contribution < -0.4 is 5.32 Å². The van der Waals surface area contributed by atoms with Gasteiger partial charge in [0.15, 0.2) is 0 Å². The van der Waals surface area contributed by atoms with Crippen molar-refractivity contribution in [2.45, 2.75) is 58.0 Å². The molecule has 0 radical (unpaired) electrons. The lowest BCUT2D eigenvalue weighted by molar-refractivity contribution is 0.357. The van der Waals surface area contributed by atoms with Gasteiger partial charge >= 0.3 is 0 Å². The largest absolute Gasteiger partial charge is 0.361 e. The van der Waals surface area contributed by atoms with Gasteiger partial charge in [-0.3, -0.25) is 0 Å². The van der Waals surface area contributed by atoms with Gasteiger partial charge in [-0.2, -0.15) is 0 Å². The normalized spacial score (nSPS) is 17.8. The second-order valence-corrected chi connectivity index (χ2v) is 4.73. The molecule has 1 heterocycles. The lowest BCUT2D eigenvalue weighted by Gasteiger charge is -2.10. The zero-order valence-corrected chi connectivity index (χ0v) is 9.62. The maximum Gasteiger partial charge on any atom is 0.144 e. The molecule has 3 heteroatoms. The van der Waals surface area contributed by atoms with Crippen molar-refractivity contribution in [3.63, 3.8) is 0 Å². The van der Waals surface area contributed by atoms with Gasteiger partial charge in [-0.25, -0.2) is 0 Å². The molecule has 84 valence electrons. The Bertz CT molecular complexity index is 300. The van der Waals surface area contributed by atoms with Gasteiger partial charge in [-0.15, -0.1) is 0 Å². The molecule has 1 aromatic heterocycles. The third kappa shape index (κ3) is 2.59. The van der Waals surface area contributed by atoms with Gasteiger partial charge in [0.25, 0.3) is 0 Å². The van der Waals surface area contributed by atoms with E-state index in [0.717, 1.165) is 12.3 Å². The van der Waals surface area contributed by atoms with Crippen LogP contribution in [0, 0.1) is 0 Å². The van der Waals surface area contributed by atoms with E-state index in [-0.39, 0.29) is 0 Å². The summed E-state index contributed by atoms with van der Waals surface area (Å²) in [7, 11) is 0. The van der Waals surface area contributed by atoms with E-state index in [0.29, 0.717) is 12.0 Å². The molecule has 0 spiro atoms. The predicted molar refractivity (Wildman–Crippen MR) is 59.7 cm³/mol. The minimum Gasteiger partial charge on any atom is -0.361 e. The Balaban J connectivity index is 2.01. The minimum absolute atomic E-state index is 0.510. The first-order valence-electron chi connectivity index (χ1n) is 5.94. The van der Waals surface area contributed by atoms with Crippen molar-refractivity contribution in [2.75, 3.05) is 0 Å². The van der Waals surface area contributed by atoms with Crippen LogP contribution in [0.5, 0.6) is 0 Å². The summed E-state index contributed by atoms with van der Waals surface area (Å²) >= 11 is 0. The molecule has 0 saturated heterocycles. The monoisotopic (exact) mass is 208 g/mol. The average Bonchev–Trinajstić information content (AvgIpc) is 2.85. The smallest absolute Gasteiger partial charge is 0.144 e. The van der Waals surface area contributed by atoms with Crippen molar-refractivity contribution in [3.8, 4) is 0 Å². The third-order valence-corrected chi connectivity index (χ3v) is 3.10. The van der Waals surface area contributed by atoms with Gasteiger partial charge in [0, 0.05) is 24.1 Å². The van der Waals surface area contributed by atoms with Crippen molar-refractivity contribution in [1.29, 1.82) is 0 Å². The Morgan fingerprint density at radius 1 is 1.47 bits per heavy atom. The predicted octanol–water partition coefficient (Wildman–Crippen LogP) is 2.83. The zero-order valence-electron chi connectivity index (χ0n) is 9.62. The summed E-state index contributed by atoms with van der Waals surface area (Å²) in [5.74, 6) is 1.75. The van der Waals surface area contributed by atoms with Crippen LogP contribution >= 0.6 is 0 Å². The molecular formula is C12H20N2O. The molecule has 2 rings (SSSR count). The molecule has 0 amide bonds. The summed E-state index contributed by atoms with van der Waals surface area (Å²) in [4.78, 5) is 0. The van der Waals surface area contributed by atoms with E-state index in [2.05, 4.69) is 24.3 Å². The van der Waals surface area contributed by atoms with Crippen LogP contribution in [-0.4, -0.2) is 11.2 Å². The van der Waals surface area contributed by atoms with Crippen LogP contribution in [0.15, 0.2) is 10.7 Å². The Kier molecular flexibility index (Phi) is 3.41. The topological polar surface area (TPSA) is 38.1 Å². The fourth-order valence-corrected chi connectivity index (χ4v) is 2.24. The quantitative estimate of drug-likeness (QED) is 0.826. The minimum atomic E-state index is 0.510. The first kappa shape index (κ1) is 10.7. The molecule has 1 saturated carbocycles. The summed E-state index contributed by atoms with van der Waals surface area (Å²) in [5.41, 5.74) is 1.25. The molecule has 0 bridgehead atoms. The van der Waals surface area contributed by atoms with Gasteiger partial charge in [0.1, 0.15) is 5.76 Å². The highest BCUT2D eigenvalue weighted by Crippen LogP contribution is 2.35. The van der Waals surface area contributed by atoms with E-state index < -0.39 is 0 Å². The van der Waals surface area contributed by atoms with Crippen molar-refractivity contribution < 1.29 is 4.52 Å². The van der Waals surface area contributed by atoms with Crippen molar-refractivity contribution in [2.24, 2.45) is 0 Å². The Hall–Kier alpha value is -0.830. The van der Waals surface area contributed by atoms with E-state index in [9.17, 15) is 0 Å². The number of rotatable bonds is 4. The number of hydrogen-bond acceptors (Lipinski definition) is 3. The first-order chi connectivity index (χ1) is 7.27. The molecule has 1 aromatic rings. The zero-order chi connectivity index (χ0) is 10.7. The summed E-state index contributed by atoms with van der Waals surface area (Å²) in [5, 5.41) is 7.34. The van der Waals surface area contributed by atoms with E-state index in [1.54, 1.807) is 0 Å². The van der Waals surface area contributed by atoms with Gasteiger partial charge in [0.05, 0.1) is 6.20 Å². The fraction of sp³-hybridized carbons (Fsp3) is 0.750. The Morgan fingerprint density at radius 2 is 2.20 bits per heavy atom. The van der Waals surface area contributed by atoms with Gasteiger partial charge in [0.2, 0.25) is 0 Å². The van der Waals surface area contributed by atoms with E-state index >= 15 is 0 Å². The van der Waals surface area contributed by atoms with Crippen LogP contribution in [0.25, 0.3) is 0 Å². The molecule has 0 atom stereocenters. The highest BCUT2D eigenvalue weighted by Gasteiger charge is 2.23. The van der Waals surface area contributed by atoms with Crippen LogP contribution in [-0.2, 0) is 6.54 Å². The summed E-state index contributed by atoms with van der Waals surface area (Å²) < 4.78 is 5.39. The molecule has 0 aromatic carbocycles. The number of aromatic nitrogens is 1. The molecule has 3 nitrogen and oxygen atoms in total. The van der Waals surface area contributed by atoms with Crippen molar-refractivity contribution in [1.82, 2.24) is 10.5 Å². The molecule has 1 aliphatic carbocycles. The average molecular weight is 208 g/mol. The van der Waals surface area contributed by atoms with Crippen molar-refractivity contribution >= 4 is 0 Å². The lowest BCUT2D eigenvalue weighted by atomic mass is 10.0. The summed E-state index contributed by atoms with van der Waals surface area (Å²) in [6, 6.07) is 0.510. The maximum atomic E-state index is 5.39. The molecule has 1 N–H and O–H groups in total. The summed E-state index contributed by atoms with van der Waals surface area (Å²) in [6.07, 6.45) is 7.07. The lowest BCUT2D eigenvalue weighted by Crippen LogP contribution is -2.22. The molecule has 0 unspecified atom stereocenters. The molecular weight excluding hydrogens is 188 g/mol. The van der Waals surface area contributed by atoms with Crippen LogP contribution in [0.1, 0.15) is 56.8 Å². The Morgan fingerprint density at radius 3 is 2.87 bits per heavy atom. The molecule has 1 fully saturated rings. The first-order valence-corrected chi connectivity index (χ1v) is 5.94. The second kappa shape index (κ2) is 4.79. The van der Waals surface area contributed by atoms with Gasteiger partial charge in [-0.1, -0.05) is 31.8 Å². The second-order valence-electron chi connectivity index (χ2n) is 4.73. The number of nitrogens with zero attached hydrogens (tertiary/aromatic N) is 1. The fourth-order valence-electron chi connectivity index (χ4n) is 2.24. The van der Waals surface area contributed by atoms with Crippen LogP contribution in [0.2, 0.25) is 0 Å². The molecule has 15 heavy (non-hydrogen) atoms. The van der Waals surface area contributed by atoms with Crippen LogP contribution in [0.3, 0.4) is 0 Å². The number of nitrogens with one attached hydrogen (secondary N) is 1. The maximum absolute atomic E-state index is 5.39. The third-order valence-electron chi connectivity index (χ3n) is 3.10. The van der Waals surface area contributed by atoms with Gasteiger partial charge in [-0.05, 0) is 12.8 Å². The van der Waals surface area contributed by atoms with E-state index in [1.807, 2.05) is 6.20 Å². The SMILES string of the molecule is CC(C)NCc1cnoc1C1CCCC1. The van der Waals surface area contributed by atoms with E-state index in [1.165, 1.54) is 31.2 Å².